The van der Waals surface area contributed by atoms with Crippen molar-refractivity contribution < 1.29 is 28.6 Å². The summed E-state index contributed by atoms with van der Waals surface area (Å²) in [6, 6.07) is 9.76. The Balaban J connectivity index is 1.58. The number of ether oxygens (including phenoxy) is 3. The molecule has 1 saturated heterocycles. The van der Waals surface area contributed by atoms with Crippen LogP contribution in [0.25, 0.3) is 0 Å². The van der Waals surface area contributed by atoms with Crippen LogP contribution in [0.4, 0.5) is 5.69 Å². The third-order valence-electron chi connectivity index (χ3n) is 5.30. The molecule has 2 aromatic carbocycles. The molecule has 10 nitrogen and oxygen atoms in total. The van der Waals surface area contributed by atoms with Crippen molar-refractivity contribution in [2.24, 2.45) is 10.3 Å². The number of carbonyl (C=O) groups is 3. The first-order chi connectivity index (χ1) is 15.5. The molecule has 0 unspecified atom stereocenters. The predicted octanol–water partition coefficient (Wildman–Crippen LogP) is 2.37. The number of hydrogen-bond acceptors (Lipinski definition) is 9. The summed E-state index contributed by atoms with van der Waals surface area (Å²) >= 11 is 0. The highest BCUT2D eigenvalue weighted by Crippen LogP contribution is 2.34. The first-order valence-electron chi connectivity index (χ1n) is 10.0. The average molecular weight is 438 g/mol. The summed E-state index contributed by atoms with van der Waals surface area (Å²) in [5.41, 5.74) is 1.38. The zero-order valence-electron chi connectivity index (χ0n) is 17.8. The second-order valence-electron chi connectivity index (χ2n) is 7.15. The van der Waals surface area contributed by atoms with Gasteiger partial charge in [-0.15, -0.1) is 0 Å². The Morgan fingerprint density at radius 3 is 2.47 bits per heavy atom. The fourth-order valence-electron chi connectivity index (χ4n) is 3.79. The van der Waals surface area contributed by atoms with Gasteiger partial charge in [-0.3, -0.25) is 14.6 Å². The monoisotopic (exact) mass is 438 g/mol. The molecular weight excluding hydrogens is 416 g/mol. The van der Waals surface area contributed by atoms with Gasteiger partial charge in [0.25, 0.3) is 11.8 Å². The molecule has 166 valence electrons. The van der Waals surface area contributed by atoms with E-state index in [1.165, 1.54) is 19.2 Å². The molecule has 2 amide bonds. The summed E-state index contributed by atoms with van der Waals surface area (Å²) in [6.45, 7) is 2.51. The number of methoxy groups -OCH3 is 2. The van der Waals surface area contributed by atoms with Crippen molar-refractivity contribution in [3.05, 3.63) is 53.6 Å². The Hall–Kier alpha value is -3.95. The van der Waals surface area contributed by atoms with Gasteiger partial charge in [-0.25, -0.2) is 9.69 Å². The van der Waals surface area contributed by atoms with Gasteiger partial charge in [0.1, 0.15) is 11.5 Å². The zero-order chi connectivity index (χ0) is 22.8. The molecule has 0 N–H and O–H groups in total. The molecule has 32 heavy (non-hydrogen) atoms. The van der Waals surface area contributed by atoms with Gasteiger partial charge in [0.2, 0.25) is 0 Å². The standard InChI is InChI=1S/C22H22N4O6/c1-4-32-16-8-6-15(7-9-16)26-20(27)18-19(21(26)28)25(24-23-18)12-14-11-13(22(29)31-3)5-10-17(14)30-2/h5-11,18-19H,4,12H2,1-3H3/t18-,19+/m1/s1. The smallest absolute Gasteiger partial charge is 0.337 e. The first kappa shape index (κ1) is 21.3. The molecule has 10 heteroatoms. The number of amides is 2. The normalized spacial score (nSPS) is 19.3. The number of imide groups is 1. The predicted molar refractivity (Wildman–Crippen MR) is 112 cm³/mol. The number of anilines is 1. The van der Waals surface area contributed by atoms with E-state index in [1.54, 1.807) is 42.5 Å². The maximum absolute atomic E-state index is 13.2. The third kappa shape index (κ3) is 3.64. The van der Waals surface area contributed by atoms with Crippen molar-refractivity contribution in [2.75, 3.05) is 25.7 Å². The van der Waals surface area contributed by atoms with Crippen LogP contribution in [0.15, 0.2) is 52.8 Å². The SMILES string of the molecule is CCOc1ccc(N2C(=O)[C@@H]3[C@@H](N=NN3Cc3cc(C(=O)OC)ccc3OC)C2=O)cc1. The number of carbonyl (C=O) groups excluding carboxylic acids is 3. The average Bonchev–Trinajstić information content (AvgIpc) is 3.33. The van der Waals surface area contributed by atoms with Crippen LogP contribution in [0.2, 0.25) is 0 Å². The van der Waals surface area contributed by atoms with Gasteiger partial charge in [0.05, 0.1) is 38.6 Å². The van der Waals surface area contributed by atoms with Crippen LogP contribution < -0.4 is 14.4 Å². The van der Waals surface area contributed by atoms with Crippen LogP contribution in [0.5, 0.6) is 11.5 Å². The van der Waals surface area contributed by atoms with Crippen molar-refractivity contribution in [3.8, 4) is 11.5 Å². The highest BCUT2D eigenvalue weighted by Gasteiger charge is 2.54. The van der Waals surface area contributed by atoms with Gasteiger partial charge in [-0.1, -0.05) is 5.22 Å². The number of hydrogen-bond donors (Lipinski definition) is 0. The zero-order valence-corrected chi connectivity index (χ0v) is 17.8. The molecular formula is C22H22N4O6. The topological polar surface area (TPSA) is 110 Å². The Labute approximate surface area is 184 Å². The fraction of sp³-hybridized carbons (Fsp3) is 0.318. The van der Waals surface area contributed by atoms with Crippen LogP contribution in [0.3, 0.4) is 0 Å². The van der Waals surface area contributed by atoms with Gasteiger partial charge in [-0.05, 0) is 49.4 Å². The Bertz CT molecular complexity index is 1080. The van der Waals surface area contributed by atoms with E-state index >= 15 is 0 Å². The van der Waals surface area contributed by atoms with Gasteiger partial charge in [-0.2, -0.15) is 5.11 Å². The van der Waals surface area contributed by atoms with Gasteiger partial charge >= 0.3 is 5.97 Å². The maximum Gasteiger partial charge on any atom is 0.337 e. The minimum atomic E-state index is -0.927. The summed E-state index contributed by atoms with van der Waals surface area (Å²) < 4.78 is 15.6. The molecule has 0 aromatic heterocycles. The van der Waals surface area contributed by atoms with Crippen LogP contribution in [-0.4, -0.2) is 55.7 Å². The lowest BCUT2D eigenvalue weighted by atomic mass is 10.1. The van der Waals surface area contributed by atoms with Crippen LogP contribution in [0, 0.1) is 0 Å². The number of rotatable bonds is 7. The molecule has 0 saturated carbocycles. The number of fused-ring (bicyclic) bond motifs is 1. The minimum absolute atomic E-state index is 0.120. The molecule has 2 aliphatic rings. The van der Waals surface area contributed by atoms with Crippen LogP contribution in [-0.2, 0) is 20.9 Å². The third-order valence-corrected chi connectivity index (χ3v) is 5.30. The Kier molecular flexibility index (Phi) is 5.76. The minimum Gasteiger partial charge on any atom is -0.496 e. The van der Waals surface area contributed by atoms with E-state index in [0.717, 1.165) is 4.90 Å². The lowest BCUT2D eigenvalue weighted by molar-refractivity contribution is -0.123. The summed E-state index contributed by atoms with van der Waals surface area (Å²) in [4.78, 5) is 39.1. The quantitative estimate of drug-likeness (QED) is 0.482. The van der Waals surface area contributed by atoms with E-state index in [0.29, 0.717) is 34.9 Å². The number of esters is 1. The van der Waals surface area contributed by atoms with Crippen molar-refractivity contribution in [3.63, 3.8) is 0 Å². The van der Waals surface area contributed by atoms with Crippen molar-refractivity contribution in [1.82, 2.24) is 5.01 Å². The lowest BCUT2D eigenvalue weighted by Gasteiger charge is -2.22. The van der Waals surface area contributed by atoms with E-state index in [9.17, 15) is 14.4 Å². The first-order valence-corrected chi connectivity index (χ1v) is 10.0. The lowest BCUT2D eigenvalue weighted by Crippen LogP contribution is -2.39. The van der Waals surface area contributed by atoms with Gasteiger partial charge < -0.3 is 14.2 Å². The maximum atomic E-state index is 13.2. The van der Waals surface area contributed by atoms with E-state index in [-0.39, 0.29) is 6.54 Å². The van der Waals surface area contributed by atoms with Gasteiger partial charge in [0, 0.05) is 5.56 Å². The fourth-order valence-corrected chi connectivity index (χ4v) is 3.79. The molecule has 1 fully saturated rings. The van der Waals surface area contributed by atoms with Crippen molar-refractivity contribution in [1.29, 1.82) is 0 Å². The molecule has 0 spiro atoms. The highest BCUT2D eigenvalue weighted by molar-refractivity contribution is 6.25. The van der Waals surface area contributed by atoms with E-state index < -0.39 is 29.9 Å². The Morgan fingerprint density at radius 2 is 1.81 bits per heavy atom. The van der Waals surface area contributed by atoms with Crippen molar-refractivity contribution in [2.45, 2.75) is 25.6 Å². The van der Waals surface area contributed by atoms with E-state index in [4.69, 9.17) is 14.2 Å². The summed E-state index contributed by atoms with van der Waals surface area (Å²) in [7, 11) is 2.80. The van der Waals surface area contributed by atoms with Crippen LogP contribution >= 0.6 is 0 Å². The number of nitrogens with zero attached hydrogens (tertiary/aromatic N) is 4. The number of benzene rings is 2. The molecule has 4 rings (SSSR count). The molecule has 2 atom stereocenters. The molecule has 2 aliphatic heterocycles. The van der Waals surface area contributed by atoms with Crippen LogP contribution in [0.1, 0.15) is 22.8 Å². The van der Waals surface area contributed by atoms with E-state index in [1.807, 2.05) is 6.92 Å². The largest absolute Gasteiger partial charge is 0.496 e. The Morgan fingerprint density at radius 1 is 1.06 bits per heavy atom. The summed E-state index contributed by atoms with van der Waals surface area (Å²) in [5, 5.41) is 9.53. The summed E-state index contributed by atoms with van der Waals surface area (Å²) in [6.07, 6.45) is 0. The molecule has 2 aromatic rings. The highest BCUT2D eigenvalue weighted by atomic mass is 16.5. The molecule has 0 aliphatic carbocycles. The molecule has 2 heterocycles. The second-order valence-corrected chi connectivity index (χ2v) is 7.15. The van der Waals surface area contributed by atoms with Crippen molar-refractivity contribution >= 4 is 23.5 Å². The molecule has 0 radical (unpaired) electrons. The molecule has 0 bridgehead atoms. The van der Waals surface area contributed by atoms with E-state index in [2.05, 4.69) is 10.3 Å². The second kappa shape index (κ2) is 8.66. The summed E-state index contributed by atoms with van der Waals surface area (Å²) in [5.74, 6) is -0.197. The van der Waals surface area contributed by atoms with Gasteiger partial charge in [0.15, 0.2) is 12.1 Å².